The number of nitrogens with one attached hydrogen (secondary N) is 1. The van der Waals surface area contributed by atoms with E-state index in [1.165, 1.54) is 42.5 Å². The topological polar surface area (TPSA) is 46.0 Å². The van der Waals surface area contributed by atoms with Crippen molar-refractivity contribution in [2.24, 2.45) is 0 Å². The van der Waals surface area contributed by atoms with Crippen molar-refractivity contribution in [2.45, 2.75) is 50.2 Å². The molecule has 1 aliphatic carbocycles. The molecule has 7 heteroatoms. The van der Waals surface area contributed by atoms with Crippen molar-refractivity contribution < 1.29 is 0 Å². The second-order valence-corrected chi connectivity index (χ2v) is 9.99. The SMILES string of the molecule is S=C1N[C@H](c2ccccn2)[C@@H](c2cccn2-c2nc3ccccc3s2)N1C1CCCCC1. The Bertz CT molecular complexity index is 1210. The van der Waals surface area contributed by atoms with E-state index < -0.39 is 0 Å². The quantitative estimate of drug-likeness (QED) is 0.392. The second kappa shape index (κ2) is 8.30. The van der Waals surface area contributed by atoms with Crippen molar-refractivity contribution in [3.8, 4) is 5.13 Å². The molecule has 6 rings (SSSR count). The molecule has 1 aromatic carbocycles. The molecule has 1 saturated carbocycles. The maximum absolute atomic E-state index is 5.93. The first-order valence-corrected chi connectivity index (χ1v) is 12.5. The van der Waals surface area contributed by atoms with Gasteiger partial charge in [0.25, 0.3) is 0 Å². The van der Waals surface area contributed by atoms with Crippen LogP contribution >= 0.6 is 23.6 Å². The highest BCUT2D eigenvalue weighted by Gasteiger charge is 2.44. The number of fused-ring (bicyclic) bond motifs is 1. The molecule has 2 aliphatic rings. The van der Waals surface area contributed by atoms with Gasteiger partial charge >= 0.3 is 0 Å². The number of hydrogen-bond acceptors (Lipinski definition) is 4. The van der Waals surface area contributed by atoms with Crippen LogP contribution in [0.2, 0.25) is 0 Å². The van der Waals surface area contributed by atoms with Gasteiger partial charge in [0.1, 0.15) is 0 Å². The molecular weight excluding hydrogens is 434 g/mol. The fourth-order valence-electron chi connectivity index (χ4n) is 5.21. The number of para-hydroxylation sites is 1. The molecule has 2 atom stereocenters. The van der Waals surface area contributed by atoms with Gasteiger partial charge in [0.05, 0.1) is 33.7 Å². The normalized spacial score (nSPS) is 21.9. The first kappa shape index (κ1) is 19.9. The number of thiocarbonyl (C=S) groups is 1. The average molecular weight is 460 g/mol. The molecule has 0 bridgehead atoms. The maximum atomic E-state index is 5.93. The Kier molecular flexibility index (Phi) is 5.15. The summed E-state index contributed by atoms with van der Waals surface area (Å²) in [6.45, 7) is 0. The van der Waals surface area contributed by atoms with E-state index in [-0.39, 0.29) is 12.1 Å². The summed E-state index contributed by atoms with van der Waals surface area (Å²) in [6, 6.07) is 19.3. The molecule has 0 radical (unpaired) electrons. The van der Waals surface area contributed by atoms with E-state index in [0.29, 0.717) is 6.04 Å². The molecule has 1 N–H and O–H groups in total. The predicted molar refractivity (Wildman–Crippen MR) is 133 cm³/mol. The molecular formula is C25H25N5S2. The van der Waals surface area contributed by atoms with Gasteiger partial charge in [0, 0.05) is 18.4 Å². The summed E-state index contributed by atoms with van der Waals surface area (Å²) in [5.74, 6) is 0. The van der Waals surface area contributed by atoms with Gasteiger partial charge in [0.15, 0.2) is 10.2 Å². The van der Waals surface area contributed by atoms with Crippen molar-refractivity contribution in [3.63, 3.8) is 0 Å². The highest BCUT2D eigenvalue weighted by molar-refractivity contribution is 7.80. The molecule has 2 fully saturated rings. The van der Waals surface area contributed by atoms with E-state index in [9.17, 15) is 0 Å². The first-order valence-electron chi connectivity index (χ1n) is 11.3. The Morgan fingerprint density at radius 1 is 0.969 bits per heavy atom. The zero-order chi connectivity index (χ0) is 21.5. The number of nitrogens with zero attached hydrogens (tertiary/aromatic N) is 4. The summed E-state index contributed by atoms with van der Waals surface area (Å²) in [5.41, 5.74) is 3.27. The minimum atomic E-state index is 0.00801. The summed E-state index contributed by atoms with van der Waals surface area (Å²) in [7, 11) is 0. The summed E-state index contributed by atoms with van der Waals surface area (Å²) < 4.78 is 3.45. The predicted octanol–water partition coefficient (Wildman–Crippen LogP) is 5.79. The lowest BCUT2D eigenvalue weighted by Crippen LogP contribution is -2.40. The van der Waals surface area contributed by atoms with E-state index in [1.54, 1.807) is 11.3 Å². The van der Waals surface area contributed by atoms with Crippen molar-refractivity contribution in [1.82, 2.24) is 24.8 Å². The van der Waals surface area contributed by atoms with Crippen LogP contribution in [0, 0.1) is 0 Å². The van der Waals surface area contributed by atoms with Gasteiger partial charge in [-0.05, 0) is 61.5 Å². The van der Waals surface area contributed by atoms with Crippen LogP contribution in [0.25, 0.3) is 15.3 Å². The molecule has 3 aromatic heterocycles. The third kappa shape index (κ3) is 3.40. The van der Waals surface area contributed by atoms with E-state index in [1.807, 2.05) is 18.3 Å². The molecule has 5 nitrogen and oxygen atoms in total. The fraction of sp³-hybridized carbons (Fsp3) is 0.320. The highest BCUT2D eigenvalue weighted by atomic mass is 32.1. The summed E-state index contributed by atoms with van der Waals surface area (Å²) in [5, 5.41) is 5.46. The van der Waals surface area contributed by atoms with Crippen molar-refractivity contribution in [1.29, 1.82) is 0 Å². The Morgan fingerprint density at radius 3 is 2.62 bits per heavy atom. The number of thiazole rings is 1. The summed E-state index contributed by atoms with van der Waals surface area (Å²) >= 11 is 7.65. The van der Waals surface area contributed by atoms with Crippen LogP contribution in [0.3, 0.4) is 0 Å². The van der Waals surface area contributed by atoms with Crippen LogP contribution < -0.4 is 5.32 Å². The number of benzene rings is 1. The zero-order valence-electron chi connectivity index (χ0n) is 17.7. The lowest BCUT2D eigenvalue weighted by Gasteiger charge is -2.37. The third-order valence-corrected chi connectivity index (χ3v) is 8.04. The van der Waals surface area contributed by atoms with Gasteiger partial charge in [0.2, 0.25) is 0 Å². The van der Waals surface area contributed by atoms with Crippen LogP contribution in [0.1, 0.15) is 55.6 Å². The molecule has 1 saturated heterocycles. The number of pyridine rings is 1. The fourth-order valence-corrected chi connectivity index (χ4v) is 6.57. The molecule has 162 valence electrons. The van der Waals surface area contributed by atoms with E-state index in [4.69, 9.17) is 22.2 Å². The standard InChI is InChI=1S/C25H25N5S2/c31-24-28-22(19-12-6-7-15-26-19)23(30(24)17-9-2-1-3-10-17)20-13-8-16-29(20)25-27-18-11-4-5-14-21(18)32-25/h4-8,11-17,22-23H,1-3,9-10H2,(H,28,31)/t22-,23-/m1/s1. The largest absolute Gasteiger partial charge is 0.352 e. The zero-order valence-corrected chi connectivity index (χ0v) is 19.4. The minimum absolute atomic E-state index is 0.00801. The summed E-state index contributed by atoms with van der Waals surface area (Å²) in [4.78, 5) is 12.1. The lowest BCUT2D eigenvalue weighted by atomic mass is 9.92. The van der Waals surface area contributed by atoms with Gasteiger partial charge in [-0.25, -0.2) is 4.98 Å². The van der Waals surface area contributed by atoms with Gasteiger partial charge in [-0.2, -0.15) is 0 Å². The monoisotopic (exact) mass is 459 g/mol. The molecule has 0 unspecified atom stereocenters. The van der Waals surface area contributed by atoms with Crippen LogP contribution in [0.15, 0.2) is 67.0 Å². The lowest BCUT2D eigenvalue weighted by molar-refractivity contribution is 0.193. The Morgan fingerprint density at radius 2 is 1.81 bits per heavy atom. The number of hydrogen-bond donors (Lipinski definition) is 1. The average Bonchev–Trinajstić information content (AvgIpc) is 3.56. The maximum Gasteiger partial charge on any atom is 0.194 e. The van der Waals surface area contributed by atoms with E-state index >= 15 is 0 Å². The summed E-state index contributed by atoms with van der Waals surface area (Å²) in [6.07, 6.45) is 10.2. The first-order chi connectivity index (χ1) is 15.8. The highest BCUT2D eigenvalue weighted by Crippen LogP contribution is 2.43. The van der Waals surface area contributed by atoms with Crippen molar-refractivity contribution in [3.05, 3.63) is 78.4 Å². The van der Waals surface area contributed by atoms with E-state index in [2.05, 4.69) is 63.4 Å². The van der Waals surface area contributed by atoms with Gasteiger partial charge in [-0.15, -0.1) is 0 Å². The molecule has 4 aromatic rings. The van der Waals surface area contributed by atoms with Crippen molar-refractivity contribution >= 4 is 38.9 Å². The van der Waals surface area contributed by atoms with Crippen LogP contribution in [-0.2, 0) is 0 Å². The van der Waals surface area contributed by atoms with Crippen LogP contribution in [0.5, 0.6) is 0 Å². The van der Waals surface area contributed by atoms with Crippen LogP contribution in [0.4, 0.5) is 0 Å². The number of rotatable bonds is 4. The van der Waals surface area contributed by atoms with Gasteiger partial charge in [-0.1, -0.05) is 48.8 Å². The minimum Gasteiger partial charge on any atom is -0.352 e. The van der Waals surface area contributed by atoms with Crippen LogP contribution in [-0.4, -0.2) is 30.6 Å². The molecule has 0 spiro atoms. The molecule has 0 amide bonds. The van der Waals surface area contributed by atoms with E-state index in [0.717, 1.165) is 21.5 Å². The second-order valence-electron chi connectivity index (χ2n) is 8.59. The Hall–Kier alpha value is -2.77. The number of aromatic nitrogens is 3. The smallest absolute Gasteiger partial charge is 0.194 e. The Labute approximate surface area is 197 Å². The van der Waals surface area contributed by atoms with Crippen molar-refractivity contribution in [2.75, 3.05) is 0 Å². The molecule has 32 heavy (non-hydrogen) atoms. The molecule has 1 aliphatic heterocycles. The van der Waals surface area contributed by atoms with Gasteiger partial charge in [-0.3, -0.25) is 9.55 Å². The molecule has 4 heterocycles. The Balaban J connectivity index is 1.47. The third-order valence-electron chi connectivity index (χ3n) is 6.68. The van der Waals surface area contributed by atoms with Gasteiger partial charge < -0.3 is 10.2 Å².